The summed E-state index contributed by atoms with van der Waals surface area (Å²) in [7, 11) is 3.62. The molecule has 0 aromatic carbocycles. The molecule has 17 heavy (non-hydrogen) atoms. The van der Waals surface area contributed by atoms with E-state index >= 15 is 0 Å². The lowest BCUT2D eigenvalue weighted by atomic mass is 10.2. The number of carbonyl (C=O) groups is 2. The van der Waals surface area contributed by atoms with Gasteiger partial charge in [-0.15, -0.1) is 0 Å². The molecule has 0 fully saturated rings. The number of nitrogens with zero attached hydrogens (tertiary/aromatic N) is 1. The molecule has 0 bridgehead atoms. The summed E-state index contributed by atoms with van der Waals surface area (Å²) in [4.78, 5) is 24.0. The van der Waals surface area contributed by atoms with E-state index in [0.29, 0.717) is 17.1 Å². The van der Waals surface area contributed by atoms with Crippen LogP contribution in [0.25, 0.3) is 0 Å². The van der Waals surface area contributed by atoms with Crippen LogP contribution in [0, 0.1) is 0 Å². The third kappa shape index (κ3) is 2.63. The van der Waals surface area contributed by atoms with Crippen molar-refractivity contribution in [3.05, 3.63) is 47.6 Å². The van der Waals surface area contributed by atoms with Gasteiger partial charge in [-0.2, -0.15) is 0 Å². The highest BCUT2D eigenvalue weighted by Crippen LogP contribution is 2.21. The molecule has 5 nitrogen and oxygen atoms in total. The van der Waals surface area contributed by atoms with Gasteiger partial charge < -0.3 is 14.4 Å². The summed E-state index contributed by atoms with van der Waals surface area (Å²) in [5.74, 6) is -0.123. The van der Waals surface area contributed by atoms with Gasteiger partial charge in [0.1, 0.15) is 11.5 Å². The fourth-order valence-electron chi connectivity index (χ4n) is 1.40. The van der Waals surface area contributed by atoms with Crippen molar-refractivity contribution in [1.82, 2.24) is 4.90 Å². The maximum atomic E-state index is 11.4. The van der Waals surface area contributed by atoms with Gasteiger partial charge in [-0.25, -0.2) is 9.59 Å². The van der Waals surface area contributed by atoms with E-state index in [-0.39, 0.29) is 0 Å². The van der Waals surface area contributed by atoms with E-state index < -0.39 is 11.9 Å². The summed E-state index contributed by atoms with van der Waals surface area (Å²) in [6.07, 6.45) is 7.57. The summed E-state index contributed by atoms with van der Waals surface area (Å²) in [6.45, 7) is 0. The van der Waals surface area contributed by atoms with E-state index in [2.05, 4.69) is 0 Å². The van der Waals surface area contributed by atoms with E-state index in [1.54, 1.807) is 17.2 Å². The molecule has 2 rings (SSSR count). The lowest BCUT2D eigenvalue weighted by Gasteiger charge is -2.03. The Bertz CT molecular complexity index is 495. The van der Waals surface area contributed by atoms with E-state index in [9.17, 15) is 9.59 Å². The van der Waals surface area contributed by atoms with Crippen LogP contribution in [0.15, 0.2) is 47.6 Å². The molecular formula is C12H11NO4. The topological polar surface area (TPSA) is 55.8 Å². The molecule has 0 unspecified atom stereocenters. The van der Waals surface area contributed by atoms with Crippen molar-refractivity contribution in [2.24, 2.45) is 0 Å². The molecule has 0 radical (unpaired) electrons. The average molecular weight is 233 g/mol. The quantitative estimate of drug-likeness (QED) is 0.523. The van der Waals surface area contributed by atoms with E-state index in [1.165, 1.54) is 18.2 Å². The molecule has 0 aromatic rings. The molecule has 88 valence electrons. The Morgan fingerprint density at radius 2 is 1.94 bits per heavy atom. The first-order valence-corrected chi connectivity index (χ1v) is 4.98. The molecule has 0 aliphatic carbocycles. The van der Waals surface area contributed by atoms with E-state index in [0.717, 1.165) is 0 Å². The molecule has 2 aliphatic heterocycles. The Morgan fingerprint density at radius 1 is 1.18 bits per heavy atom. The van der Waals surface area contributed by atoms with Crippen LogP contribution in [-0.4, -0.2) is 30.9 Å². The molecule has 0 N–H and O–H groups in total. The zero-order valence-corrected chi connectivity index (χ0v) is 9.47. The molecule has 0 saturated carbocycles. The van der Waals surface area contributed by atoms with Crippen molar-refractivity contribution in [2.75, 3.05) is 14.1 Å². The Morgan fingerprint density at radius 3 is 2.53 bits per heavy atom. The van der Waals surface area contributed by atoms with E-state index in [1.807, 2.05) is 14.1 Å². The second-order valence-electron chi connectivity index (χ2n) is 3.79. The number of esters is 2. The van der Waals surface area contributed by atoms with Gasteiger partial charge >= 0.3 is 11.9 Å². The highest BCUT2D eigenvalue weighted by Gasteiger charge is 2.21. The van der Waals surface area contributed by atoms with Crippen molar-refractivity contribution in [1.29, 1.82) is 0 Å². The van der Waals surface area contributed by atoms with Crippen LogP contribution in [0.2, 0.25) is 0 Å². The molecule has 0 saturated heterocycles. The normalized spacial score (nSPS) is 23.1. The first-order valence-electron chi connectivity index (χ1n) is 4.98. The summed E-state index contributed by atoms with van der Waals surface area (Å²) in [5, 5.41) is 0. The maximum absolute atomic E-state index is 11.4. The van der Waals surface area contributed by atoms with Gasteiger partial charge in [-0.1, -0.05) is 0 Å². The molecule has 0 atom stereocenters. The molecule has 2 heterocycles. The fraction of sp³-hybridized carbons (Fsp3) is 0.167. The number of hydrogen-bond donors (Lipinski definition) is 0. The van der Waals surface area contributed by atoms with Gasteiger partial charge in [0.2, 0.25) is 0 Å². The molecule has 0 aromatic heterocycles. The van der Waals surface area contributed by atoms with E-state index in [4.69, 9.17) is 9.47 Å². The first kappa shape index (κ1) is 11.2. The van der Waals surface area contributed by atoms with Gasteiger partial charge in [0.05, 0.1) is 5.57 Å². The highest BCUT2D eigenvalue weighted by atomic mass is 16.6. The van der Waals surface area contributed by atoms with Crippen LogP contribution in [-0.2, 0) is 19.1 Å². The molecule has 2 aliphatic rings. The SMILES string of the molecule is CN(C)C=C1C=C(/C=C2\C=CC(=O)O2)OC1=O. The van der Waals surface area contributed by atoms with Gasteiger partial charge in [-0.3, -0.25) is 0 Å². The lowest BCUT2D eigenvalue weighted by molar-refractivity contribution is -0.133. The number of allylic oxidation sites excluding steroid dienone is 2. The maximum Gasteiger partial charge on any atom is 0.345 e. The summed E-state index contributed by atoms with van der Waals surface area (Å²) >= 11 is 0. The number of cyclic esters (lactones) is 2. The Balaban J connectivity index is 2.17. The molecule has 5 heteroatoms. The lowest BCUT2D eigenvalue weighted by Crippen LogP contribution is -2.06. The number of carbonyl (C=O) groups excluding carboxylic acids is 2. The monoisotopic (exact) mass is 233 g/mol. The predicted molar refractivity (Wildman–Crippen MR) is 59.3 cm³/mol. The Kier molecular flexibility index (Phi) is 2.82. The minimum Gasteiger partial charge on any atom is -0.423 e. The number of rotatable bonds is 2. The molecule has 0 spiro atoms. The third-order valence-electron chi connectivity index (χ3n) is 2.03. The van der Waals surface area contributed by atoms with Crippen LogP contribution in [0.1, 0.15) is 0 Å². The zero-order chi connectivity index (χ0) is 12.4. The third-order valence-corrected chi connectivity index (χ3v) is 2.03. The summed E-state index contributed by atoms with van der Waals surface area (Å²) in [5.41, 5.74) is 0.454. The van der Waals surface area contributed by atoms with Crippen LogP contribution in [0.3, 0.4) is 0 Å². The predicted octanol–water partition coefficient (Wildman–Crippen LogP) is 0.869. The second-order valence-corrected chi connectivity index (χ2v) is 3.79. The molecular weight excluding hydrogens is 222 g/mol. The van der Waals surface area contributed by atoms with Gasteiger partial charge in [0, 0.05) is 32.4 Å². The van der Waals surface area contributed by atoms with Crippen molar-refractivity contribution in [3.63, 3.8) is 0 Å². The zero-order valence-electron chi connectivity index (χ0n) is 9.47. The highest BCUT2D eigenvalue weighted by molar-refractivity contribution is 5.95. The summed E-state index contributed by atoms with van der Waals surface area (Å²) in [6, 6.07) is 0. The number of hydrogen-bond acceptors (Lipinski definition) is 5. The van der Waals surface area contributed by atoms with Crippen molar-refractivity contribution in [2.45, 2.75) is 0 Å². The minimum absolute atomic E-state index is 0.359. The second kappa shape index (κ2) is 4.29. The smallest absolute Gasteiger partial charge is 0.345 e. The van der Waals surface area contributed by atoms with Crippen LogP contribution in [0.5, 0.6) is 0 Å². The molecule has 0 amide bonds. The van der Waals surface area contributed by atoms with Crippen molar-refractivity contribution < 1.29 is 19.1 Å². The van der Waals surface area contributed by atoms with Gasteiger partial charge in [0.25, 0.3) is 0 Å². The fourth-order valence-corrected chi connectivity index (χ4v) is 1.40. The largest absolute Gasteiger partial charge is 0.423 e. The summed E-state index contributed by atoms with van der Waals surface area (Å²) < 4.78 is 9.82. The first-order chi connectivity index (χ1) is 8.04. The Labute approximate surface area is 98.3 Å². The van der Waals surface area contributed by atoms with Crippen molar-refractivity contribution >= 4 is 11.9 Å². The van der Waals surface area contributed by atoms with Crippen LogP contribution < -0.4 is 0 Å². The standard InChI is InChI=1S/C12H11NO4/c1-13(2)7-8-5-10(17-12(8)15)6-9-3-4-11(14)16-9/h3-7H,1-2H3/b8-7?,9-6+. The van der Waals surface area contributed by atoms with Gasteiger partial charge in [-0.05, 0) is 12.2 Å². The van der Waals surface area contributed by atoms with Crippen molar-refractivity contribution in [3.8, 4) is 0 Å². The Hall–Kier alpha value is -2.30. The van der Waals surface area contributed by atoms with Gasteiger partial charge in [0.15, 0.2) is 0 Å². The van der Waals surface area contributed by atoms with Crippen LogP contribution in [0.4, 0.5) is 0 Å². The average Bonchev–Trinajstić information content (AvgIpc) is 2.74. The van der Waals surface area contributed by atoms with Crippen LogP contribution >= 0.6 is 0 Å². The number of ether oxygens (including phenoxy) is 2. The minimum atomic E-state index is -0.426.